The molecule has 0 aliphatic carbocycles. The molecule has 0 radical (unpaired) electrons. The van der Waals surface area contributed by atoms with E-state index in [1.54, 1.807) is 71.9 Å². The normalized spacial score (nSPS) is 23.4. The van der Waals surface area contributed by atoms with Crippen LogP contribution in [-0.4, -0.2) is 205 Å². The minimum Gasteiger partial charge on any atom is -0.481 e. The van der Waals surface area contributed by atoms with Crippen molar-refractivity contribution in [3.05, 3.63) is 54.1 Å². The molecule has 0 saturated carbocycles. The Morgan fingerprint density at radius 2 is 1.28 bits per heavy atom. The summed E-state index contributed by atoms with van der Waals surface area (Å²) in [5, 5.41) is 60.2. The van der Waals surface area contributed by atoms with E-state index in [2.05, 4.69) is 73.4 Å². The summed E-state index contributed by atoms with van der Waals surface area (Å²) in [6.07, 6.45) is -2.09. The van der Waals surface area contributed by atoms with Gasteiger partial charge in [0, 0.05) is 25.1 Å². The summed E-state index contributed by atoms with van der Waals surface area (Å²) in [6.45, 7) is 14.0. The van der Waals surface area contributed by atoms with Crippen LogP contribution in [0.2, 0.25) is 0 Å². The molecule has 1 fully saturated rings. The van der Waals surface area contributed by atoms with E-state index in [1.807, 2.05) is 13.8 Å². The van der Waals surface area contributed by atoms with E-state index >= 15 is 0 Å². The van der Waals surface area contributed by atoms with Gasteiger partial charge in [0.05, 0.1) is 42.1 Å². The molecule has 0 spiro atoms. The van der Waals surface area contributed by atoms with Crippen molar-refractivity contribution in [1.29, 1.82) is 0 Å². The number of imidazole rings is 1. The summed E-state index contributed by atoms with van der Waals surface area (Å²) in [6, 6.07) is -9.47. The van der Waals surface area contributed by atoms with Gasteiger partial charge in [-0.15, -0.1) is 11.8 Å². The highest BCUT2D eigenvalue weighted by Gasteiger charge is 2.41. The molecular weight excluding hydrogens is 1330 g/mol. The van der Waals surface area contributed by atoms with Crippen LogP contribution in [0.15, 0.2) is 47.8 Å². The number of nitrogens with two attached hydrogens (primary N) is 3. The first-order valence-electron chi connectivity index (χ1n) is 34.2. The molecule has 12 amide bonds. The number of aliphatic hydroxyl groups excluding tert-OH is 1. The molecule has 2 aliphatic heterocycles. The van der Waals surface area contributed by atoms with Crippen LogP contribution in [0.3, 0.4) is 0 Å². The van der Waals surface area contributed by atoms with Gasteiger partial charge in [-0.2, -0.15) is 0 Å². The van der Waals surface area contributed by atoms with Gasteiger partial charge in [0.15, 0.2) is 0 Å². The van der Waals surface area contributed by atoms with Gasteiger partial charge in [0.25, 0.3) is 0 Å². The molecule has 560 valence electrons. The van der Waals surface area contributed by atoms with E-state index in [1.165, 1.54) is 11.8 Å². The molecule has 16 atom stereocenters. The number of aliphatic hydroxyl groups is 1. The number of hydrogen-bond donors (Lipinski definition) is 18. The van der Waals surface area contributed by atoms with Crippen molar-refractivity contribution in [1.82, 2.24) is 68.5 Å². The zero-order chi connectivity index (χ0) is 75.2. The molecule has 35 heteroatoms. The molecule has 101 heavy (non-hydrogen) atoms. The van der Waals surface area contributed by atoms with Crippen molar-refractivity contribution in [2.75, 3.05) is 18.8 Å². The molecule has 34 nitrogen and oxygen atoms in total. The lowest BCUT2D eigenvalue weighted by Crippen LogP contribution is -2.62. The number of carbonyl (C=O) groups is 14. The largest absolute Gasteiger partial charge is 0.481 e. The van der Waals surface area contributed by atoms with Crippen molar-refractivity contribution in [2.24, 2.45) is 45.9 Å². The van der Waals surface area contributed by atoms with Crippen molar-refractivity contribution >= 4 is 99.6 Å². The Labute approximate surface area is 590 Å². The Morgan fingerprint density at radius 1 is 0.673 bits per heavy atom. The van der Waals surface area contributed by atoms with Crippen LogP contribution >= 0.6 is 11.8 Å². The highest BCUT2D eigenvalue weighted by atomic mass is 32.2. The topological polar surface area (TPSA) is 551 Å². The number of primary amides is 1. The molecule has 3 heterocycles. The van der Waals surface area contributed by atoms with Crippen LogP contribution in [0.1, 0.15) is 156 Å². The Hall–Kier alpha value is -9.09. The maximum Gasteiger partial charge on any atom is 0.305 e. The van der Waals surface area contributed by atoms with Gasteiger partial charge in [-0.05, 0) is 80.7 Å². The quantitative estimate of drug-likeness (QED) is 0.0381. The molecule has 2 aliphatic rings. The second-order valence-corrected chi connectivity index (χ2v) is 27.1. The van der Waals surface area contributed by atoms with Gasteiger partial charge in [-0.25, -0.2) is 4.98 Å². The predicted octanol–water partition coefficient (Wildman–Crippen LogP) is -2.19. The Kier molecular flexibility index (Phi) is 35.3. The van der Waals surface area contributed by atoms with E-state index in [9.17, 15) is 82.4 Å². The third-order valence-electron chi connectivity index (χ3n) is 17.6. The third-order valence-corrected chi connectivity index (χ3v) is 18.8. The van der Waals surface area contributed by atoms with Crippen LogP contribution in [0.4, 0.5) is 0 Å². The third kappa shape index (κ3) is 27.4. The molecule has 4 rings (SSSR count). The highest BCUT2D eigenvalue weighted by Crippen LogP contribution is 2.25. The molecule has 0 bridgehead atoms. The van der Waals surface area contributed by atoms with Crippen molar-refractivity contribution in [3.8, 4) is 0 Å². The average Bonchev–Trinajstić information content (AvgIpc) is 1.80. The van der Waals surface area contributed by atoms with E-state index in [0.29, 0.717) is 10.6 Å². The number of carbonyl (C=O) groups excluding carboxylic acids is 12. The number of aliphatic imine (C=N–C) groups is 1. The summed E-state index contributed by atoms with van der Waals surface area (Å²) in [5.74, 6) is -16.3. The fraction of sp³-hybridized carbons (Fsp3) is 0.636. The maximum atomic E-state index is 14.9. The zero-order valence-electron chi connectivity index (χ0n) is 58.5. The lowest BCUT2D eigenvalue weighted by Gasteiger charge is -2.31. The predicted molar refractivity (Wildman–Crippen MR) is 371 cm³/mol. The fourth-order valence-electron chi connectivity index (χ4n) is 10.9. The zero-order valence-corrected chi connectivity index (χ0v) is 59.3. The standard InChI is InChI=1S/C66H103N17O17S/c1-9-34(6)50(69)66-80-46(31-101-66)62(97)76-41(26-33(4)5)59(94)74-40(22-23-48(85)86)58(93)82-51(35(7)10-2)63(98)75-38-20-15-16-25-71-55(90)43(28-47(68)84)77-60(95)44(29-49(87)88)79-65(100)53(54(89)45-30-70-32-72-45)83-61(96)42(27-37-18-13-12-14-19-37)78-64(99)52(36(8)11-3)81-57(92)39(21-17-24-67)73-56(38)91/h12-14,18-19,30,32-36,38-44,46,50-54,89H,9-11,15-17,20-29,31,67,69H2,1-8H3,(H2,68,84)(H,70,72)(H,71,90)(H,73,91)(H,74,94)(H,75,98)(H,76,97)(H,77,95)(H,78,99)(H,79,100)(H,81,92)(H,82,93)(H,83,96)(H,85,86)(H,87,88)/t34-,35-,36-,38-,39+,40+,41-,42+,43-,44+,46-,50-,51-,52-,53-,54?/m0/s1. The van der Waals surface area contributed by atoms with Crippen molar-refractivity contribution < 1.29 is 82.4 Å². The number of benzene rings is 1. The van der Waals surface area contributed by atoms with E-state index in [0.717, 1.165) is 18.9 Å². The first-order valence-corrected chi connectivity index (χ1v) is 35.2. The molecule has 2 aromatic rings. The molecule has 1 aromatic carbocycles. The Morgan fingerprint density at radius 3 is 1.88 bits per heavy atom. The average molecular weight is 1440 g/mol. The van der Waals surface area contributed by atoms with Crippen molar-refractivity contribution in [3.63, 3.8) is 0 Å². The van der Waals surface area contributed by atoms with Gasteiger partial charge in [0.2, 0.25) is 70.9 Å². The number of carboxylic acids is 2. The lowest BCUT2D eigenvalue weighted by molar-refractivity contribution is -0.142. The molecular formula is C66H103N17O17S. The number of hydrogen-bond acceptors (Lipinski definition) is 20. The highest BCUT2D eigenvalue weighted by molar-refractivity contribution is 8.14. The van der Waals surface area contributed by atoms with E-state index in [-0.39, 0.29) is 94.2 Å². The smallest absolute Gasteiger partial charge is 0.305 e. The van der Waals surface area contributed by atoms with Crippen LogP contribution in [0.25, 0.3) is 0 Å². The number of carboxylic acid groups (broad SMARTS) is 2. The number of thioether (sulfide) groups is 1. The number of aromatic nitrogens is 2. The summed E-state index contributed by atoms with van der Waals surface area (Å²) in [4.78, 5) is 207. The van der Waals surface area contributed by atoms with Gasteiger partial charge in [0.1, 0.15) is 72.6 Å². The van der Waals surface area contributed by atoms with Crippen molar-refractivity contribution in [2.45, 2.75) is 224 Å². The van der Waals surface area contributed by atoms with Crippen LogP contribution in [-0.2, 0) is 73.5 Å². The van der Waals surface area contributed by atoms with E-state index in [4.69, 9.17) is 17.2 Å². The second-order valence-electron chi connectivity index (χ2n) is 26.1. The number of aliphatic carboxylic acids is 2. The summed E-state index contributed by atoms with van der Waals surface area (Å²) >= 11 is 1.34. The Bertz CT molecular complexity index is 3200. The van der Waals surface area contributed by atoms with Crippen LogP contribution < -0.4 is 75.7 Å². The number of amides is 12. The molecule has 1 unspecified atom stereocenters. The first kappa shape index (κ1) is 84.3. The number of rotatable bonds is 31. The first-order chi connectivity index (χ1) is 47.8. The van der Waals surface area contributed by atoms with Gasteiger partial charge >= 0.3 is 11.9 Å². The number of nitrogens with zero attached hydrogens (tertiary/aromatic N) is 2. The van der Waals surface area contributed by atoms with Crippen LogP contribution in [0, 0.1) is 23.7 Å². The number of nitrogens with one attached hydrogen (secondary N) is 12. The fourth-order valence-corrected chi connectivity index (χ4v) is 12.1. The lowest BCUT2D eigenvalue weighted by atomic mass is 9.96. The molecule has 1 saturated heterocycles. The van der Waals surface area contributed by atoms with E-state index < -0.39 is 199 Å². The minimum absolute atomic E-state index is 0.00481. The summed E-state index contributed by atoms with van der Waals surface area (Å²) in [7, 11) is 0. The molecule has 1 aromatic heterocycles. The maximum absolute atomic E-state index is 14.9. The summed E-state index contributed by atoms with van der Waals surface area (Å²) in [5.41, 5.74) is 18.2. The molecule has 21 N–H and O–H groups in total. The van der Waals surface area contributed by atoms with Gasteiger partial charge in [-0.1, -0.05) is 105 Å². The van der Waals surface area contributed by atoms with Crippen LogP contribution in [0.5, 0.6) is 0 Å². The monoisotopic (exact) mass is 1440 g/mol. The number of H-pyrrole nitrogens is 1. The summed E-state index contributed by atoms with van der Waals surface area (Å²) < 4.78 is 0. The van der Waals surface area contributed by atoms with Gasteiger partial charge in [-0.3, -0.25) is 72.1 Å². The SMILES string of the molecule is CC[C@H](C)[C@H](N)C1=N[C@H](C(=O)N[C@@H](CC(C)C)C(=O)N[C@H](CCC(=O)O)C(=O)N[C@H](C(=O)N[C@H]2CCCCNC(=O)[C@H](CC(N)=O)NC(=O)[C@@H](CC(=O)O)NC(=O)[C@H](C(O)c3cnc[nH]3)NC(=O)[C@@H](Cc3ccccc3)NC(=O)[C@H]([C@@H](C)CC)NC(=O)[C@@H](CCCN)NC2=O)[C@@H](C)CC)CS1. The van der Waals surface area contributed by atoms with Gasteiger partial charge < -0.3 is 96.0 Å². The number of aromatic amines is 1. The second kappa shape index (κ2) is 42.2. The minimum atomic E-state index is -2.09. The Balaban J connectivity index is 1.78.